The third-order valence-corrected chi connectivity index (χ3v) is 1.41. The van der Waals surface area contributed by atoms with Gasteiger partial charge in [0.2, 0.25) is 6.41 Å². The van der Waals surface area contributed by atoms with Crippen LogP contribution in [0.15, 0.2) is 12.5 Å². The van der Waals surface area contributed by atoms with Crippen molar-refractivity contribution in [2.45, 2.75) is 12.8 Å². The van der Waals surface area contributed by atoms with Gasteiger partial charge in [0.25, 0.3) is 0 Å². The molecule has 1 heterocycles. The van der Waals surface area contributed by atoms with Gasteiger partial charge in [-0.25, -0.2) is 4.98 Å². The number of aromatic nitrogens is 2. The van der Waals surface area contributed by atoms with E-state index in [2.05, 4.69) is 15.3 Å². The van der Waals surface area contributed by atoms with Gasteiger partial charge in [-0.1, -0.05) is 0 Å². The molecule has 0 bridgehead atoms. The second-order valence-corrected chi connectivity index (χ2v) is 2.25. The fourth-order valence-corrected chi connectivity index (χ4v) is 0.861. The van der Waals surface area contributed by atoms with E-state index in [0.29, 0.717) is 6.41 Å². The maximum absolute atomic E-state index is 9.83. The number of imidazole rings is 1. The lowest BCUT2D eigenvalue weighted by molar-refractivity contribution is -0.109. The van der Waals surface area contributed by atoms with Crippen LogP contribution in [-0.2, 0) is 11.2 Å². The van der Waals surface area contributed by atoms with Crippen LogP contribution in [-0.4, -0.2) is 22.9 Å². The lowest BCUT2D eigenvalue weighted by Crippen LogP contribution is -2.12. The summed E-state index contributed by atoms with van der Waals surface area (Å²) < 4.78 is 0. The number of hydrogen-bond acceptors (Lipinski definition) is 2. The Kier molecular flexibility index (Phi) is 3.18. The quantitative estimate of drug-likeness (QED) is 0.465. The molecule has 0 unspecified atom stereocenters. The average molecular weight is 153 g/mol. The maximum atomic E-state index is 9.83. The van der Waals surface area contributed by atoms with Crippen LogP contribution in [0.4, 0.5) is 0 Å². The molecule has 0 aliphatic rings. The zero-order valence-corrected chi connectivity index (χ0v) is 6.21. The van der Waals surface area contributed by atoms with Crippen LogP contribution in [0.1, 0.15) is 12.1 Å². The highest BCUT2D eigenvalue weighted by Gasteiger charge is 1.91. The lowest BCUT2D eigenvalue weighted by atomic mass is 10.2. The van der Waals surface area contributed by atoms with Crippen LogP contribution < -0.4 is 5.32 Å². The molecule has 0 aliphatic heterocycles. The lowest BCUT2D eigenvalue weighted by Gasteiger charge is -1.95. The Hall–Kier alpha value is -1.32. The van der Waals surface area contributed by atoms with E-state index in [1.165, 1.54) is 0 Å². The van der Waals surface area contributed by atoms with Crippen LogP contribution in [0, 0.1) is 0 Å². The van der Waals surface area contributed by atoms with Crippen molar-refractivity contribution in [3.05, 3.63) is 18.2 Å². The number of aryl methyl sites for hydroxylation is 1. The molecule has 0 saturated heterocycles. The number of rotatable bonds is 5. The number of amides is 1. The summed E-state index contributed by atoms with van der Waals surface area (Å²) in [5.41, 5.74) is 1.11. The molecule has 4 nitrogen and oxygen atoms in total. The normalized spacial score (nSPS) is 9.45. The largest absolute Gasteiger partial charge is 0.359 e. The van der Waals surface area contributed by atoms with Gasteiger partial charge >= 0.3 is 0 Å². The third kappa shape index (κ3) is 2.84. The fraction of sp³-hybridized carbons (Fsp3) is 0.429. The predicted octanol–water partition coefficient (Wildman–Crippen LogP) is 0.0883. The topological polar surface area (TPSA) is 57.8 Å². The SMILES string of the molecule is O=CNCCCc1cnc[nH]1. The van der Waals surface area contributed by atoms with E-state index in [4.69, 9.17) is 0 Å². The number of H-pyrrole nitrogens is 1. The van der Waals surface area contributed by atoms with Crippen LogP contribution >= 0.6 is 0 Å². The molecule has 1 aromatic rings. The summed E-state index contributed by atoms with van der Waals surface area (Å²) >= 11 is 0. The van der Waals surface area contributed by atoms with Crippen molar-refractivity contribution in [1.29, 1.82) is 0 Å². The Morgan fingerprint density at radius 2 is 2.64 bits per heavy atom. The van der Waals surface area contributed by atoms with Gasteiger partial charge in [-0.05, 0) is 12.8 Å². The standard InChI is InChI=1S/C7H11N3O/c11-6-8-3-1-2-7-4-9-5-10-7/h4-6H,1-3H2,(H,8,11)(H,9,10). The Morgan fingerprint density at radius 1 is 1.73 bits per heavy atom. The summed E-state index contributed by atoms with van der Waals surface area (Å²) in [7, 11) is 0. The van der Waals surface area contributed by atoms with E-state index < -0.39 is 0 Å². The number of carbonyl (C=O) groups excluding carboxylic acids is 1. The second kappa shape index (κ2) is 4.49. The minimum Gasteiger partial charge on any atom is -0.359 e. The number of nitrogens with zero attached hydrogens (tertiary/aromatic N) is 1. The van der Waals surface area contributed by atoms with Crippen molar-refractivity contribution < 1.29 is 4.79 Å². The monoisotopic (exact) mass is 153 g/mol. The Balaban J connectivity index is 2.09. The molecule has 60 valence electrons. The molecule has 11 heavy (non-hydrogen) atoms. The zero-order valence-electron chi connectivity index (χ0n) is 6.21. The summed E-state index contributed by atoms with van der Waals surface area (Å²) in [5, 5.41) is 2.60. The molecule has 4 heteroatoms. The highest BCUT2D eigenvalue weighted by molar-refractivity contribution is 5.45. The smallest absolute Gasteiger partial charge is 0.207 e. The van der Waals surface area contributed by atoms with Gasteiger partial charge in [0, 0.05) is 18.4 Å². The van der Waals surface area contributed by atoms with Crippen molar-refractivity contribution >= 4 is 6.41 Å². The fourth-order valence-electron chi connectivity index (χ4n) is 0.861. The molecule has 0 aromatic carbocycles. The Bertz CT molecular complexity index is 195. The van der Waals surface area contributed by atoms with E-state index in [0.717, 1.165) is 25.1 Å². The summed E-state index contributed by atoms with van der Waals surface area (Å²) in [6, 6.07) is 0. The minimum atomic E-state index is 0.715. The highest BCUT2D eigenvalue weighted by atomic mass is 16.1. The van der Waals surface area contributed by atoms with Crippen LogP contribution in [0.25, 0.3) is 0 Å². The first kappa shape index (κ1) is 7.78. The Morgan fingerprint density at radius 3 is 3.27 bits per heavy atom. The second-order valence-electron chi connectivity index (χ2n) is 2.25. The first-order valence-electron chi connectivity index (χ1n) is 3.58. The van der Waals surface area contributed by atoms with Gasteiger partial charge in [-0.3, -0.25) is 4.79 Å². The minimum absolute atomic E-state index is 0.715. The zero-order chi connectivity index (χ0) is 7.94. The van der Waals surface area contributed by atoms with Crippen LogP contribution in [0.3, 0.4) is 0 Å². The number of carbonyl (C=O) groups is 1. The highest BCUT2D eigenvalue weighted by Crippen LogP contribution is 1.94. The van der Waals surface area contributed by atoms with Crippen molar-refractivity contribution in [2.75, 3.05) is 6.54 Å². The first-order valence-corrected chi connectivity index (χ1v) is 3.58. The maximum Gasteiger partial charge on any atom is 0.207 e. The van der Waals surface area contributed by atoms with Gasteiger partial charge in [0.1, 0.15) is 0 Å². The van der Waals surface area contributed by atoms with Gasteiger partial charge in [0.05, 0.1) is 6.33 Å². The van der Waals surface area contributed by atoms with Gasteiger partial charge < -0.3 is 10.3 Å². The number of hydrogen-bond donors (Lipinski definition) is 2. The molecule has 1 amide bonds. The molecular weight excluding hydrogens is 142 g/mol. The van der Waals surface area contributed by atoms with Gasteiger partial charge in [0.15, 0.2) is 0 Å². The van der Waals surface area contributed by atoms with Crippen molar-refractivity contribution in [3.8, 4) is 0 Å². The molecule has 0 radical (unpaired) electrons. The molecule has 0 aliphatic carbocycles. The van der Waals surface area contributed by atoms with Crippen molar-refractivity contribution in [2.24, 2.45) is 0 Å². The molecule has 0 atom stereocenters. The van der Waals surface area contributed by atoms with E-state index in [1.54, 1.807) is 12.5 Å². The van der Waals surface area contributed by atoms with Crippen LogP contribution in [0.2, 0.25) is 0 Å². The van der Waals surface area contributed by atoms with Crippen molar-refractivity contribution in [1.82, 2.24) is 15.3 Å². The van der Waals surface area contributed by atoms with E-state index in [9.17, 15) is 4.79 Å². The average Bonchev–Trinajstić information content (AvgIpc) is 2.50. The summed E-state index contributed by atoms with van der Waals surface area (Å²) in [4.78, 5) is 16.7. The van der Waals surface area contributed by atoms with Gasteiger partial charge in [-0.2, -0.15) is 0 Å². The van der Waals surface area contributed by atoms with E-state index in [-0.39, 0.29) is 0 Å². The number of aromatic amines is 1. The third-order valence-electron chi connectivity index (χ3n) is 1.41. The Labute approximate surface area is 65.0 Å². The van der Waals surface area contributed by atoms with Crippen LogP contribution in [0.5, 0.6) is 0 Å². The summed E-state index contributed by atoms with van der Waals surface area (Å²) in [6.07, 6.45) is 6.04. The number of nitrogens with one attached hydrogen (secondary N) is 2. The molecule has 0 spiro atoms. The molecule has 0 saturated carbocycles. The molecule has 1 aromatic heterocycles. The first-order chi connectivity index (χ1) is 5.43. The van der Waals surface area contributed by atoms with Crippen molar-refractivity contribution in [3.63, 3.8) is 0 Å². The molecule has 2 N–H and O–H groups in total. The molecule has 1 rings (SSSR count). The molecule has 0 fully saturated rings. The summed E-state index contributed by atoms with van der Waals surface area (Å²) in [6.45, 7) is 0.725. The van der Waals surface area contributed by atoms with E-state index >= 15 is 0 Å². The predicted molar refractivity (Wildman–Crippen MR) is 41.0 cm³/mol. The van der Waals surface area contributed by atoms with E-state index in [1.807, 2.05) is 0 Å². The molecular formula is C7H11N3O. The summed E-state index contributed by atoms with van der Waals surface area (Å²) in [5.74, 6) is 0. The van der Waals surface area contributed by atoms with Gasteiger partial charge in [-0.15, -0.1) is 0 Å².